The number of aliphatic hydroxyl groups excluding tert-OH is 1. The molecule has 0 aliphatic carbocycles. The summed E-state index contributed by atoms with van der Waals surface area (Å²) < 4.78 is 5.73. The van der Waals surface area contributed by atoms with Gasteiger partial charge in [-0.15, -0.1) is 24.0 Å². The summed E-state index contributed by atoms with van der Waals surface area (Å²) in [5.74, 6) is 1.52. The first-order chi connectivity index (χ1) is 14.4. The Labute approximate surface area is 205 Å². The van der Waals surface area contributed by atoms with Gasteiger partial charge < -0.3 is 25.4 Å². The Kier molecular flexibility index (Phi) is 13.4. The minimum atomic E-state index is -0.635. The highest BCUT2D eigenvalue weighted by atomic mass is 127. The molecule has 3 N–H and O–H groups in total. The van der Waals surface area contributed by atoms with E-state index in [1.165, 1.54) is 0 Å². The van der Waals surface area contributed by atoms with Crippen LogP contribution in [0.3, 0.4) is 0 Å². The maximum atomic E-state index is 10.6. The summed E-state index contributed by atoms with van der Waals surface area (Å²) in [4.78, 5) is 9.75. The Morgan fingerprint density at radius 2 is 1.84 bits per heavy atom. The molecule has 0 spiro atoms. The molecule has 1 heterocycles. The summed E-state index contributed by atoms with van der Waals surface area (Å²) >= 11 is 0. The molecule has 7 nitrogen and oxygen atoms in total. The molecule has 0 radical (unpaired) electrons. The number of halogens is 1. The van der Waals surface area contributed by atoms with Gasteiger partial charge in [0.1, 0.15) is 5.75 Å². The van der Waals surface area contributed by atoms with Crippen LogP contribution >= 0.6 is 24.0 Å². The summed E-state index contributed by atoms with van der Waals surface area (Å²) in [6.45, 7) is 18.0. The molecule has 1 saturated heterocycles. The molecule has 1 aromatic carbocycles. The summed E-state index contributed by atoms with van der Waals surface area (Å²) in [6, 6.07) is 8.04. The number of hydrogen-bond acceptors (Lipinski definition) is 5. The number of ether oxygens (including phenoxy) is 1. The number of aliphatic hydroxyl groups is 1. The van der Waals surface area contributed by atoms with Crippen LogP contribution in [0, 0.1) is 0 Å². The van der Waals surface area contributed by atoms with E-state index in [0.29, 0.717) is 12.6 Å². The van der Waals surface area contributed by atoms with Crippen LogP contribution in [0.1, 0.15) is 46.3 Å². The fraction of sp³-hybridized carbons (Fsp3) is 0.696. The van der Waals surface area contributed by atoms with E-state index in [4.69, 9.17) is 9.73 Å². The minimum absolute atomic E-state index is 0. The first-order valence-corrected chi connectivity index (χ1v) is 11.4. The molecule has 0 bridgehead atoms. The molecule has 0 aromatic heterocycles. The lowest BCUT2D eigenvalue weighted by Crippen LogP contribution is -2.50. The average molecular weight is 548 g/mol. The van der Waals surface area contributed by atoms with Gasteiger partial charge in [-0.1, -0.05) is 19.1 Å². The molecule has 0 amide bonds. The minimum Gasteiger partial charge on any atom is -0.491 e. The smallest absolute Gasteiger partial charge is 0.191 e. The van der Waals surface area contributed by atoms with Crippen molar-refractivity contribution in [3.8, 4) is 5.75 Å². The molecule has 2 unspecified atom stereocenters. The topological polar surface area (TPSA) is 72.4 Å². The number of piperazine rings is 1. The Morgan fingerprint density at radius 1 is 1.13 bits per heavy atom. The number of nitrogens with one attached hydrogen (secondary N) is 2. The van der Waals surface area contributed by atoms with Crippen LogP contribution in [0.4, 0.5) is 0 Å². The number of guanidine groups is 1. The van der Waals surface area contributed by atoms with Crippen LogP contribution < -0.4 is 15.4 Å². The van der Waals surface area contributed by atoms with Crippen LogP contribution in [0.2, 0.25) is 0 Å². The second-order valence-electron chi connectivity index (χ2n) is 8.17. The normalized spacial score (nSPS) is 17.7. The molecule has 2 atom stereocenters. The van der Waals surface area contributed by atoms with Crippen LogP contribution in [0.25, 0.3) is 0 Å². The summed E-state index contributed by atoms with van der Waals surface area (Å²) in [6.07, 6.45) is -0.529. The van der Waals surface area contributed by atoms with Crippen molar-refractivity contribution in [3.05, 3.63) is 29.8 Å². The number of aliphatic imine (C=N–C) groups is 1. The van der Waals surface area contributed by atoms with Crippen LogP contribution in [-0.2, 0) is 0 Å². The van der Waals surface area contributed by atoms with E-state index in [1.54, 1.807) is 0 Å². The van der Waals surface area contributed by atoms with Crippen LogP contribution in [0.5, 0.6) is 5.75 Å². The van der Waals surface area contributed by atoms with E-state index < -0.39 is 6.10 Å². The maximum Gasteiger partial charge on any atom is 0.191 e. The van der Waals surface area contributed by atoms with Crippen LogP contribution in [-0.4, -0.2) is 85.4 Å². The molecule has 31 heavy (non-hydrogen) atoms. The van der Waals surface area contributed by atoms with Crippen molar-refractivity contribution in [2.24, 2.45) is 4.99 Å². The highest BCUT2D eigenvalue weighted by molar-refractivity contribution is 14.0. The first kappa shape index (κ1) is 27.9. The molecule has 2 rings (SSSR count). The molecule has 1 fully saturated rings. The average Bonchev–Trinajstić information content (AvgIpc) is 2.75. The lowest BCUT2D eigenvalue weighted by Gasteiger charge is -2.37. The molecule has 1 aliphatic heterocycles. The Morgan fingerprint density at radius 3 is 2.45 bits per heavy atom. The van der Waals surface area contributed by atoms with Gasteiger partial charge in [-0.2, -0.15) is 0 Å². The van der Waals surface area contributed by atoms with E-state index in [0.717, 1.165) is 63.1 Å². The summed E-state index contributed by atoms with van der Waals surface area (Å²) in [5, 5.41) is 17.2. The van der Waals surface area contributed by atoms with Gasteiger partial charge in [-0.25, -0.2) is 0 Å². The van der Waals surface area contributed by atoms with Crippen molar-refractivity contribution in [1.29, 1.82) is 0 Å². The highest BCUT2D eigenvalue weighted by Crippen LogP contribution is 2.20. The number of hydrogen-bond donors (Lipinski definition) is 3. The number of likely N-dealkylation sites (N-methyl/N-ethyl adjacent to an activating group) is 1. The third-order valence-electron chi connectivity index (χ3n) is 5.41. The second kappa shape index (κ2) is 14.9. The van der Waals surface area contributed by atoms with Crippen molar-refractivity contribution in [3.63, 3.8) is 0 Å². The summed E-state index contributed by atoms with van der Waals surface area (Å²) in [7, 11) is 0. The van der Waals surface area contributed by atoms with Crippen molar-refractivity contribution in [2.75, 3.05) is 52.4 Å². The Balaban J connectivity index is 0.00000480. The number of benzene rings is 1. The zero-order valence-corrected chi connectivity index (χ0v) is 22.1. The molecular weight excluding hydrogens is 505 g/mol. The number of rotatable bonds is 10. The van der Waals surface area contributed by atoms with Crippen molar-refractivity contribution in [2.45, 2.75) is 52.9 Å². The summed E-state index contributed by atoms with van der Waals surface area (Å²) in [5.41, 5.74) is 0.832. The predicted molar refractivity (Wildman–Crippen MR) is 140 cm³/mol. The van der Waals surface area contributed by atoms with E-state index in [9.17, 15) is 5.11 Å². The number of nitrogens with zero attached hydrogens (tertiary/aromatic N) is 3. The van der Waals surface area contributed by atoms with Gasteiger partial charge in [0.05, 0.1) is 18.8 Å². The lowest BCUT2D eigenvalue weighted by molar-refractivity contribution is 0.109. The van der Waals surface area contributed by atoms with Gasteiger partial charge >= 0.3 is 0 Å². The van der Waals surface area contributed by atoms with E-state index in [2.05, 4.69) is 34.3 Å². The quantitative estimate of drug-likeness (QED) is 0.238. The van der Waals surface area contributed by atoms with Crippen molar-refractivity contribution >= 4 is 29.9 Å². The predicted octanol–water partition coefficient (Wildman–Crippen LogP) is 2.71. The molecule has 8 heteroatoms. The zero-order chi connectivity index (χ0) is 21.9. The van der Waals surface area contributed by atoms with E-state index in [-0.39, 0.29) is 30.1 Å². The SMILES string of the molecule is CCNC(=NCC(C)N1CCN(CC)CC1)NCC(O)c1cccc(OC(C)C)c1.I. The highest BCUT2D eigenvalue weighted by Gasteiger charge is 2.20. The van der Waals surface area contributed by atoms with Crippen molar-refractivity contribution < 1.29 is 9.84 Å². The van der Waals surface area contributed by atoms with Gasteiger partial charge in [0.2, 0.25) is 0 Å². The molecule has 0 saturated carbocycles. The van der Waals surface area contributed by atoms with Gasteiger partial charge in [-0.3, -0.25) is 9.89 Å². The Hall–Kier alpha value is -1.10. The standard InChI is InChI=1S/C23H41N5O2.HI/c1-6-24-23(25-16-19(5)28-13-11-27(7-2)12-14-28)26-17-22(29)20-9-8-10-21(15-20)30-18(3)4;/h8-10,15,18-19,22,29H,6-7,11-14,16-17H2,1-5H3,(H2,24,25,26);1H. The second-order valence-corrected chi connectivity index (χ2v) is 8.17. The van der Waals surface area contributed by atoms with Gasteiger partial charge in [0, 0.05) is 45.3 Å². The van der Waals surface area contributed by atoms with Gasteiger partial charge in [0.15, 0.2) is 5.96 Å². The Bertz CT molecular complexity index is 651. The largest absolute Gasteiger partial charge is 0.491 e. The van der Waals surface area contributed by atoms with Gasteiger partial charge in [0.25, 0.3) is 0 Å². The molecule has 178 valence electrons. The fourth-order valence-corrected chi connectivity index (χ4v) is 3.58. The fourth-order valence-electron chi connectivity index (χ4n) is 3.58. The monoisotopic (exact) mass is 547 g/mol. The first-order valence-electron chi connectivity index (χ1n) is 11.4. The molecule has 1 aliphatic rings. The third kappa shape index (κ3) is 9.93. The van der Waals surface area contributed by atoms with E-state index in [1.807, 2.05) is 45.0 Å². The molecular formula is C23H42IN5O2. The zero-order valence-electron chi connectivity index (χ0n) is 19.8. The van der Waals surface area contributed by atoms with Gasteiger partial charge in [-0.05, 0) is 51.9 Å². The third-order valence-corrected chi connectivity index (χ3v) is 5.41. The van der Waals surface area contributed by atoms with Crippen LogP contribution in [0.15, 0.2) is 29.3 Å². The molecule has 1 aromatic rings. The lowest BCUT2D eigenvalue weighted by atomic mass is 10.1. The maximum absolute atomic E-state index is 10.6. The van der Waals surface area contributed by atoms with E-state index >= 15 is 0 Å². The van der Waals surface area contributed by atoms with Crippen molar-refractivity contribution in [1.82, 2.24) is 20.4 Å².